The summed E-state index contributed by atoms with van der Waals surface area (Å²) in [4.78, 5) is 0. The average Bonchev–Trinajstić information content (AvgIpc) is 2.20. The van der Waals surface area contributed by atoms with Crippen LogP contribution in [0.25, 0.3) is 0 Å². The lowest BCUT2D eigenvalue weighted by molar-refractivity contribution is 0.0988. The number of benzene rings is 1. The van der Waals surface area contributed by atoms with Crippen molar-refractivity contribution in [3.8, 4) is 5.75 Å². The molecule has 0 bridgehead atoms. The number of anilines is 1. The van der Waals surface area contributed by atoms with Gasteiger partial charge in [-0.05, 0) is 43.2 Å². The van der Waals surface area contributed by atoms with Crippen LogP contribution in [0.1, 0.15) is 39.5 Å². The van der Waals surface area contributed by atoms with Crippen molar-refractivity contribution in [2.45, 2.75) is 45.6 Å². The Bertz CT molecular complexity index is 373. The number of rotatable bonds is 2. The Morgan fingerprint density at radius 3 is 2.47 bits per heavy atom. The van der Waals surface area contributed by atoms with Crippen LogP contribution in [0.3, 0.4) is 0 Å². The topological polar surface area (TPSA) is 35.2 Å². The number of ether oxygens (including phenoxy) is 1. The third-order valence-corrected chi connectivity index (χ3v) is 3.70. The van der Waals surface area contributed by atoms with E-state index in [-0.39, 0.29) is 0 Å². The van der Waals surface area contributed by atoms with E-state index in [0.717, 1.165) is 18.6 Å². The molecule has 1 aromatic carbocycles. The standard InChI is InChI=1S/C14H20ClNO/c1-14(2)5-3-12(4-6-14)17-13-8-10(15)7-11(16)9-13/h7-9,12H,3-6,16H2,1-2H3. The summed E-state index contributed by atoms with van der Waals surface area (Å²) in [5.74, 6) is 0.791. The van der Waals surface area contributed by atoms with Crippen molar-refractivity contribution in [3.05, 3.63) is 23.2 Å². The van der Waals surface area contributed by atoms with E-state index in [1.54, 1.807) is 6.07 Å². The van der Waals surface area contributed by atoms with E-state index in [4.69, 9.17) is 22.1 Å². The molecule has 1 aliphatic rings. The molecule has 1 fully saturated rings. The summed E-state index contributed by atoms with van der Waals surface area (Å²) in [5, 5.41) is 0.635. The normalized spacial score (nSPS) is 20.2. The molecule has 0 spiro atoms. The van der Waals surface area contributed by atoms with Crippen LogP contribution in [-0.2, 0) is 0 Å². The average molecular weight is 254 g/mol. The van der Waals surface area contributed by atoms with Gasteiger partial charge in [0.15, 0.2) is 0 Å². The van der Waals surface area contributed by atoms with Gasteiger partial charge in [0.05, 0.1) is 6.10 Å². The van der Waals surface area contributed by atoms with Gasteiger partial charge in [0.25, 0.3) is 0 Å². The van der Waals surface area contributed by atoms with Gasteiger partial charge in [0.2, 0.25) is 0 Å². The highest BCUT2D eigenvalue weighted by Gasteiger charge is 2.27. The quantitative estimate of drug-likeness (QED) is 0.799. The molecule has 1 aromatic rings. The highest BCUT2D eigenvalue weighted by Crippen LogP contribution is 2.37. The van der Waals surface area contributed by atoms with Crippen LogP contribution in [0.2, 0.25) is 5.02 Å². The lowest BCUT2D eigenvalue weighted by Gasteiger charge is -2.34. The molecular weight excluding hydrogens is 234 g/mol. The SMILES string of the molecule is CC1(C)CCC(Oc2cc(N)cc(Cl)c2)CC1. The summed E-state index contributed by atoms with van der Waals surface area (Å²) in [6.07, 6.45) is 4.96. The van der Waals surface area contributed by atoms with Crippen LogP contribution in [0.15, 0.2) is 18.2 Å². The number of nitrogen functional groups attached to an aromatic ring is 1. The zero-order chi connectivity index (χ0) is 12.5. The number of halogens is 1. The molecule has 0 unspecified atom stereocenters. The molecule has 94 valence electrons. The fourth-order valence-electron chi connectivity index (χ4n) is 2.34. The van der Waals surface area contributed by atoms with Crippen molar-refractivity contribution < 1.29 is 4.74 Å². The van der Waals surface area contributed by atoms with Gasteiger partial charge in [0, 0.05) is 16.8 Å². The van der Waals surface area contributed by atoms with Crippen molar-refractivity contribution in [1.29, 1.82) is 0 Å². The molecule has 0 aromatic heterocycles. The molecule has 0 atom stereocenters. The number of hydrogen-bond acceptors (Lipinski definition) is 2. The molecule has 0 heterocycles. The Labute approximate surface area is 108 Å². The van der Waals surface area contributed by atoms with E-state index >= 15 is 0 Å². The van der Waals surface area contributed by atoms with Crippen LogP contribution < -0.4 is 10.5 Å². The summed E-state index contributed by atoms with van der Waals surface area (Å²) in [7, 11) is 0. The minimum absolute atomic E-state index is 0.306. The third-order valence-electron chi connectivity index (χ3n) is 3.48. The predicted molar refractivity (Wildman–Crippen MR) is 72.5 cm³/mol. The highest BCUT2D eigenvalue weighted by molar-refractivity contribution is 6.31. The third kappa shape index (κ3) is 3.53. The Morgan fingerprint density at radius 2 is 1.88 bits per heavy atom. The largest absolute Gasteiger partial charge is 0.490 e. The van der Waals surface area contributed by atoms with Crippen molar-refractivity contribution >= 4 is 17.3 Å². The summed E-state index contributed by atoms with van der Waals surface area (Å²) in [6.45, 7) is 4.64. The zero-order valence-electron chi connectivity index (χ0n) is 10.5. The first-order valence-electron chi connectivity index (χ1n) is 6.17. The van der Waals surface area contributed by atoms with Crippen LogP contribution in [0.4, 0.5) is 5.69 Å². The molecule has 0 aliphatic heterocycles. The Balaban J connectivity index is 1.97. The Kier molecular flexibility index (Phi) is 3.53. The number of hydrogen-bond donors (Lipinski definition) is 1. The van der Waals surface area contributed by atoms with Crippen LogP contribution in [-0.4, -0.2) is 6.10 Å². The molecule has 17 heavy (non-hydrogen) atoms. The first kappa shape index (κ1) is 12.6. The summed E-state index contributed by atoms with van der Waals surface area (Å²) < 4.78 is 5.95. The second-order valence-electron chi connectivity index (χ2n) is 5.70. The van der Waals surface area contributed by atoms with Gasteiger partial charge >= 0.3 is 0 Å². The highest BCUT2D eigenvalue weighted by atomic mass is 35.5. The van der Waals surface area contributed by atoms with E-state index in [1.165, 1.54) is 12.8 Å². The van der Waals surface area contributed by atoms with E-state index in [1.807, 2.05) is 12.1 Å². The second-order valence-corrected chi connectivity index (χ2v) is 6.14. The molecule has 0 radical (unpaired) electrons. The van der Waals surface area contributed by atoms with Gasteiger partial charge in [-0.2, -0.15) is 0 Å². The van der Waals surface area contributed by atoms with Crippen molar-refractivity contribution in [3.63, 3.8) is 0 Å². The second kappa shape index (κ2) is 4.77. The lowest BCUT2D eigenvalue weighted by atomic mass is 9.76. The van der Waals surface area contributed by atoms with Gasteiger partial charge in [0.1, 0.15) is 5.75 Å². The first-order valence-corrected chi connectivity index (χ1v) is 6.55. The van der Waals surface area contributed by atoms with Gasteiger partial charge in [-0.1, -0.05) is 25.4 Å². The minimum Gasteiger partial charge on any atom is -0.490 e. The summed E-state index contributed by atoms with van der Waals surface area (Å²) in [5.41, 5.74) is 6.86. The van der Waals surface area contributed by atoms with Crippen LogP contribution in [0, 0.1) is 5.41 Å². The van der Waals surface area contributed by atoms with Crippen LogP contribution in [0.5, 0.6) is 5.75 Å². The van der Waals surface area contributed by atoms with E-state index in [2.05, 4.69) is 13.8 Å². The van der Waals surface area contributed by atoms with Gasteiger partial charge in [-0.15, -0.1) is 0 Å². The van der Waals surface area contributed by atoms with E-state index in [9.17, 15) is 0 Å². The lowest BCUT2D eigenvalue weighted by Crippen LogP contribution is -2.28. The summed E-state index contributed by atoms with van der Waals surface area (Å²) in [6, 6.07) is 5.40. The molecule has 1 saturated carbocycles. The maximum atomic E-state index is 5.95. The van der Waals surface area contributed by atoms with Crippen molar-refractivity contribution in [2.75, 3.05) is 5.73 Å². The molecule has 1 aliphatic carbocycles. The number of nitrogens with two attached hydrogens (primary N) is 1. The maximum absolute atomic E-state index is 5.95. The maximum Gasteiger partial charge on any atom is 0.123 e. The zero-order valence-corrected chi connectivity index (χ0v) is 11.3. The van der Waals surface area contributed by atoms with Crippen molar-refractivity contribution in [1.82, 2.24) is 0 Å². The smallest absolute Gasteiger partial charge is 0.123 e. The molecular formula is C14H20ClNO. The first-order chi connectivity index (χ1) is 7.94. The van der Waals surface area contributed by atoms with Gasteiger partial charge in [-0.3, -0.25) is 0 Å². The fraction of sp³-hybridized carbons (Fsp3) is 0.571. The van der Waals surface area contributed by atoms with Gasteiger partial charge < -0.3 is 10.5 Å². The molecule has 0 saturated heterocycles. The predicted octanol–water partition coefficient (Wildman–Crippen LogP) is 4.27. The Hall–Kier alpha value is -0.890. The van der Waals surface area contributed by atoms with Crippen LogP contribution >= 0.6 is 11.6 Å². The Morgan fingerprint density at radius 1 is 1.24 bits per heavy atom. The fourth-order valence-corrected chi connectivity index (χ4v) is 2.57. The molecule has 2 N–H and O–H groups in total. The molecule has 2 rings (SSSR count). The minimum atomic E-state index is 0.306. The van der Waals surface area contributed by atoms with Gasteiger partial charge in [-0.25, -0.2) is 0 Å². The van der Waals surface area contributed by atoms with E-state index in [0.29, 0.717) is 22.2 Å². The molecule has 3 heteroatoms. The monoisotopic (exact) mass is 253 g/mol. The molecule has 0 amide bonds. The van der Waals surface area contributed by atoms with E-state index < -0.39 is 0 Å². The molecule has 2 nitrogen and oxygen atoms in total. The summed E-state index contributed by atoms with van der Waals surface area (Å²) >= 11 is 5.95. The van der Waals surface area contributed by atoms with Crippen molar-refractivity contribution in [2.24, 2.45) is 5.41 Å².